The second kappa shape index (κ2) is 5.84. The summed E-state index contributed by atoms with van der Waals surface area (Å²) >= 11 is 3.41. The number of halogens is 1. The first-order valence-electron chi connectivity index (χ1n) is 5.78. The van der Waals surface area contributed by atoms with Crippen molar-refractivity contribution in [2.24, 2.45) is 0 Å². The average molecular weight is 320 g/mol. The lowest BCUT2D eigenvalue weighted by molar-refractivity contribution is 0.0786. The van der Waals surface area contributed by atoms with Crippen molar-refractivity contribution in [1.29, 1.82) is 0 Å². The number of nitrogens with two attached hydrogens (primary N) is 1. The van der Waals surface area contributed by atoms with Crippen molar-refractivity contribution in [2.75, 3.05) is 12.8 Å². The van der Waals surface area contributed by atoms with Gasteiger partial charge in [-0.05, 0) is 29.8 Å². The largest absolute Gasteiger partial charge is 0.383 e. The van der Waals surface area contributed by atoms with Crippen molar-refractivity contribution in [2.45, 2.75) is 6.54 Å². The smallest absolute Gasteiger partial charge is 0.257 e. The maximum Gasteiger partial charge on any atom is 0.257 e. The Morgan fingerprint density at radius 2 is 2.16 bits per heavy atom. The number of hydrogen-bond donors (Lipinski definition) is 1. The lowest BCUT2D eigenvalue weighted by Gasteiger charge is -2.18. The Bertz CT molecular complexity index is 601. The van der Waals surface area contributed by atoms with E-state index in [1.54, 1.807) is 30.3 Å². The summed E-state index contributed by atoms with van der Waals surface area (Å²) in [7, 11) is 1.75. The van der Waals surface area contributed by atoms with Crippen LogP contribution in [0.25, 0.3) is 0 Å². The normalized spacial score (nSPS) is 10.2. The Morgan fingerprint density at radius 1 is 1.37 bits per heavy atom. The van der Waals surface area contributed by atoms with E-state index in [0.717, 1.165) is 10.0 Å². The van der Waals surface area contributed by atoms with E-state index in [1.807, 2.05) is 24.3 Å². The van der Waals surface area contributed by atoms with Crippen molar-refractivity contribution in [3.05, 3.63) is 58.2 Å². The molecule has 2 N–H and O–H groups in total. The Kier molecular flexibility index (Phi) is 4.16. The van der Waals surface area contributed by atoms with Gasteiger partial charge in [0.1, 0.15) is 5.82 Å². The zero-order chi connectivity index (χ0) is 13.8. The SMILES string of the molecule is CN(Cc1cccc(Br)c1)C(=O)c1cccnc1N. The number of nitrogen functional groups attached to an aromatic ring is 1. The van der Waals surface area contributed by atoms with E-state index >= 15 is 0 Å². The molecule has 0 atom stereocenters. The third kappa shape index (κ3) is 3.32. The zero-order valence-electron chi connectivity index (χ0n) is 10.5. The molecule has 0 bridgehead atoms. The molecule has 1 heterocycles. The van der Waals surface area contributed by atoms with Crippen LogP contribution < -0.4 is 5.73 Å². The Labute approximate surface area is 120 Å². The third-order valence-corrected chi connectivity index (χ3v) is 3.22. The maximum absolute atomic E-state index is 12.2. The van der Waals surface area contributed by atoms with Crippen LogP contribution in [0.3, 0.4) is 0 Å². The van der Waals surface area contributed by atoms with Crippen LogP contribution in [0.15, 0.2) is 47.1 Å². The van der Waals surface area contributed by atoms with Gasteiger partial charge in [-0.15, -0.1) is 0 Å². The van der Waals surface area contributed by atoms with Crippen molar-refractivity contribution in [3.63, 3.8) is 0 Å². The highest BCUT2D eigenvalue weighted by atomic mass is 79.9. The summed E-state index contributed by atoms with van der Waals surface area (Å²) in [6, 6.07) is 11.2. The molecule has 0 aliphatic heterocycles. The number of hydrogen-bond acceptors (Lipinski definition) is 3. The average Bonchev–Trinajstić information content (AvgIpc) is 2.38. The van der Waals surface area contributed by atoms with Crippen LogP contribution in [-0.2, 0) is 6.54 Å². The second-order valence-corrected chi connectivity index (χ2v) is 5.14. The lowest BCUT2D eigenvalue weighted by atomic mass is 10.2. The van der Waals surface area contributed by atoms with Crippen LogP contribution >= 0.6 is 15.9 Å². The highest BCUT2D eigenvalue weighted by Gasteiger charge is 2.15. The summed E-state index contributed by atoms with van der Waals surface area (Å²) in [5.41, 5.74) is 7.19. The van der Waals surface area contributed by atoms with Gasteiger partial charge in [0.15, 0.2) is 0 Å². The van der Waals surface area contributed by atoms with Crippen molar-refractivity contribution < 1.29 is 4.79 Å². The first-order valence-corrected chi connectivity index (χ1v) is 6.57. The number of amides is 1. The van der Waals surface area contributed by atoms with Crippen molar-refractivity contribution in [3.8, 4) is 0 Å². The topological polar surface area (TPSA) is 59.2 Å². The summed E-state index contributed by atoms with van der Waals surface area (Å²) in [6.07, 6.45) is 1.57. The molecule has 0 saturated carbocycles. The standard InChI is InChI=1S/C14H14BrN3O/c1-18(9-10-4-2-5-11(15)8-10)14(19)12-6-3-7-17-13(12)16/h2-8H,9H2,1H3,(H2,16,17). The molecule has 0 aliphatic carbocycles. The number of carbonyl (C=O) groups excluding carboxylic acids is 1. The van der Waals surface area contributed by atoms with E-state index in [4.69, 9.17) is 5.73 Å². The van der Waals surface area contributed by atoms with Crippen LogP contribution in [0.4, 0.5) is 5.82 Å². The predicted molar refractivity (Wildman–Crippen MR) is 78.6 cm³/mol. The quantitative estimate of drug-likeness (QED) is 0.946. The monoisotopic (exact) mass is 319 g/mol. The summed E-state index contributed by atoms with van der Waals surface area (Å²) in [4.78, 5) is 17.8. The van der Waals surface area contributed by atoms with E-state index < -0.39 is 0 Å². The molecule has 2 rings (SSSR count). The molecular weight excluding hydrogens is 306 g/mol. The fourth-order valence-corrected chi connectivity index (χ4v) is 2.23. The molecule has 2 aromatic rings. The minimum absolute atomic E-state index is 0.134. The van der Waals surface area contributed by atoms with E-state index in [9.17, 15) is 4.79 Å². The van der Waals surface area contributed by atoms with Gasteiger partial charge in [0, 0.05) is 24.3 Å². The number of nitrogens with zero attached hydrogens (tertiary/aromatic N) is 2. The van der Waals surface area contributed by atoms with Gasteiger partial charge >= 0.3 is 0 Å². The van der Waals surface area contributed by atoms with E-state index in [1.165, 1.54) is 0 Å². The van der Waals surface area contributed by atoms with Crippen molar-refractivity contribution in [1.82, 2.24) is 9.88 Å². The number of rotatable bonds is 3. The molecule has 0 aliphatic rings. The highest BCUT2D eigenvalue weighted by molar-refractivity contribution is 9.10. The summed E-state index contributed by atoms with van der Waals surface area (Å²) in [5.74, 6) is 0.124. The first kappa shape index (κ1) is 13.5. The molecule has 19 heavy (non-hydrogen) atoms. The van der Waals surface area contributed by atoms with Gasteiger partial charge in [-0.3, -0.25) is 4.79 Å². The molecule has 0 radical (unpaired) electrons. The molecule has 0 spiro atoms. The fraction of sp³-hybridized carbons (Fsp3) is 0.143. The molecule has 1 aromatic heterocycles. The molecule has 0 saturated heterocycles. The number of anilines is 1. The lowest BCUT2D eigenvalue weighted by Crippen LogP contribution is -2.27. The van der Waals surface area contributed by atoms with Gasteiger partial charge in [-0.25, -0.2) is 4.98 Å². The Balaban J connectivity index is 2.14. The van der Waals surface area contributed by atoms with Crippen LogP contribution in [0.1, 0.15) is 15.9 Å². The number of aromatic nitrogens is 1. The van der Waals surface area contributed by atoms with Gasteiger partial charge < -0.3 is 10.6 Å². The molecule has 1 amide bonds. The van der Waals surface area contributed by atoms with Gasteiger partial charge in [0.05, 0.1) is 5.56 Å². The molecule has 98 valence electrons. The van der Waals surface area contributed by atoms with Crippen molar-refractivity contribution >= 4 is 27.7 Å². The summed E-state index contributed by atoms with van der Waals surface area (Å²) in [6.45, 7) is 0.520. The Hall–Kier alpha value is -1.88. The molecule has 0 fully saturated rings. The highest BCUT2D eigenvalue weighted by Crippen LogP contribution is 2.15. The summed E-state index contributed by atoms with van der Waals surface area (Å²) in [5, 5.41) is 0. The van der Waals surface area contributed by atoms with Crippen LogP contribution in [0.2, 0.25) is 0 Å². The molecule has 0 unspecified atom stereocenters. The Morgan fingerprint density at radius 3 is 2.84 bits per heavy atom. The molecule has 4 nitrogen and oxygen atoms in total. The predicted octanol–water partition coefficient (Wildman–Crippen LogP) is 2.70. The van der Waals surface area contributed by atoms with Crippen LogP contribution in [0, 0.1) is 0 Å². The minimum atomic E-state index is -0.134. The zero-order valence-corrected chi connectivity index (χ0v) is 12.1. The molecule has 5 heteroatoms. The van der Waals surface area contributed by atoms with E-state index in [-0.39, 0.29) is 11.7 Å². The van der Waals surface area contributed by atoms with Crippen LogP contribution in [0.5, 0.6) is 0 Å². The van der Waals surface area contributed by atoms with Gasteiger partial charge in [0.2, 0.25) is 0 Å². The summed E-state index contributed by atoms with van der Waals surface area (Å²) < 4.78 is 0.992. The minimum Gasteiger partial charge on any atom is -0.383 e. The molecular formula is C14H14BrN3O. The number of benzene rings is 1. The number of pyridine rings is 1. The van der Waals surface area contributed by atoms with Gasteiger partial charge in [0.25, 0.3) is 5.91 Å². The third-order valence-electron chi connectivity index (χ3n) is 2.72. The van der Waals surface area contributed by atoms with E-state index in [2.05, 4.69) is 20.9 Å². The first-order chi connectivity index (χ1) is 9.08. The number of carbonyl (C=O) groups is 1. The van der Waals surface area contributed by atoms with E-state index in [0.29, 0.717) is 12.1 Å². The fourth-order valence-electron chi connectivity index (χ4n) is 1.78. The maximum atomic E-state index is 12.2. The van der Waals surface area contributed by atoms with Gasteiger partial charge in [-0.1, -0.05) is 28.1 Å². The van der Waals surface area contributed by atoms with Gasteiger partial charge in [-0.2, -0.15) is 0 Å². The second-order valence-electron chi connectivity index (χ2n) is 4.23. The van der Waals surface area contributed by atoms with Crippen LogP contribution in [-0.4, -0.2) is 22.8 Å². The molecule has 1 aromatic carbocycles.